The van der Waals surface area contributed by atoms with Gasteiger partial charge in [-0.05, 0) is 30.9 Å². The monoisotopic (exact) mass is 348 g/mol. The van der Waals surface area contributed by atoms with E-state index < -0.39 is 5.82 Å². The third-order valence-electron chi connectivity index (χ3n) is 3.42. The van der Waals surface area contributed by atoms with Gasteiger partial charge in [0.25, 0.3) is 0 Å². The number of rotatable bonds is 8. The molecule has 21 heavy (non-hydrogen) atoms. The van der Waals surface area contributed by atoms with Crippen molar-refractivity contribution in [2.75, 3.05) is 17.9 Å². The molecule has 0 atom stereocenters. The number of halogens is 3. The lowest BCUT2D eigenvalue weighted by Gasteiger charge is -2.08. The molecule has 0 aliphatic rings. The van der Waals surface area contributed by atoms with E-state index in [0.29, 0.717) is 17.8 Å². The maximum absolute atomic E-state index is 13.6. The first-order valence-electron chi connectivity index (χ1n) is 7.06. The molecular weight excluding hydrogens is 330 g/mol. The van der Waals surface area contributed by atoms with Crippen LogP contribution in [0.3, 0.4) is 0 Å². The molecule has 0 aliphatic heterocycles. The van der Waals surface area contributed by atoms with E-state index in [4.69, 9.17) is 23.2 Å². The van der Waals surface area contributed by atoms with Crippen molar-refractivity contribution < 1.29 is 4.39 Å². The van der Waals surface area contributed by atoms with E-state index in [2.05, 4.69) is 15.8 Å². The normalized spacial score (nSPS) is 11.4. The number of hydrogen-bond acceptors (Lipinski definition) is 2. The molecule has 0 saturated heterocycles. The van der Waals surface area contributed by atoms with Crippen LogP contribution in [0, 0.1) is 5.82 Å². The molecule has 116 valence electrons. The van der Waals surface area contributed by atoms with Crippen LogP contribution in [0.1, 0.15) is 25.1 Å². The number of nitrogens with zero attached hydrogens (tertiary/aromatic N) is 2. The van der Waals surface area contributed by atoms with E-state index >= 15 is 0 Å². The summed E-state index contributed by atoms with van der Waals surface area (Å²) >= 11 is 13.6. The highest BCUT2D eigenvalue weighted by atomic mass is 35.5. The lowest BCUT2D eigenvalue weighted by molar-refractivity contribution is 0.596. The number of fused-ring (bicyclic) bond motifs is 1. The summed E-state index contributed by atoms with van der Waals surface area (Å²) in [5.74, 6) is 2.18. The number of thioether (sulfide) groups is 1. The predicted molar refractivity (Wildman–Crippen MR) is 91.4 cm³/mol. The lowest BCUT2D eigenvalue weighted by Crippen LogP contribution is -2.05. The fourth-order valence-electron chi connectivity index (χ4n) is 2.39. The number of aryl methyl sites for hydroxylation is 2. The molecule has 0 fully saturated rings. The average molecular weight is 349 g/mol. The number of imidazole rings is 1. The largest absolute Gasteiger partial charge is 0.328 e. The van der Waals surface area contributed by atoms with Crippen LogP contribution < -0.4 is 0 Å². The van der Waals surface area contributed by atoms with Crippen molar-refractivity contribution >= 4 is 46.0 Å². The maximum Gasteiger partial charge on any atom is 0.144 e. The van der Waals surface area contributed by atoms with Crippen LogP contribution >= 0.6 is 35.0 Å². The van der Waals surface area contributed by atoms with E-state index in [1.54, 1.807) is 6.07 Å². The lowest BCUT2D eigenvalue weighted by atomic mass is 10.2. The minimum atomic E-state index is -0.425. The summed E-state index contributed by atoms with van der Waals surface area (Å²) < 4.78 is 15.7. The number of alkyl halides is 1. The minimum Gasteiger partial charge on any atom is -0.328 e. The van der Waals surface area contributed by atoms with Gasteiger partial charge in [0.2, 0.25) is 0 Å². The van der Waals surface area contributed by atoms with Crippen LogP contribution in [0.15, 0.2) is 12.1 Å². The average Bonchev–Trinajstić information content (AvgIpc) is 2.77. The van der Waals surface area contributed by atoms with E-state index in [1.807, 2.05) is 11.8 Å². The Hall–Kier alpha value is -0.450. The molecule has 0 spiro atoms. The quantitative estimate of drug-likeness (QED) is 0.485. The summed E-state index contributed by atoms with van der Waals surface area (Å²) in [5.41, 5.74) is 1.55. The fourth-order valence-corrected chi connectivity index (χ4v) is 3.21. The molecule has 2 nitrogen and oxygen atoms in total. The highest BCUT2D eigenvalue weighted by molar-refractivity contribution is 7.98. The first-order chi connectivity index (χ1) is 10.2. The van der Waals surface area contributed by atoms with Crippen LogP contribution in [0.5, 0.6) is 0 Å². The number of unbranched alkanes of at least 4 members (excludes halogenated alkanes) is 2. The van der Waals surface area contributed by atoms with E-state index in [0.717, 1.165) is 24.3 Å². The Bertz CT molecular complexity index is 601. The van der Waals surface area contributed by atoms with Crippen molar-refractivity contribution in [1.29, 1.82) is 0 Å². The molecule has 0 radical (unpaired) electrons. The van der Waals surface area contributed by atoms with E-state index in [-0.39, 0.29) is 5.02 Å². The first kappa shape index (κ1) is 16.9. The van der Waals surface area contributed by atoms with Gasteiger partial charge in [-0.2, -0.15) is 11.8 Å². The summed E-state index contributed by atoms with van der Waals surface area (Å²) in [6, 6.07) is 3.07. The molecule has 1 aromatic heterocycles. The molecule has 0 aliphatic carbocycles. The SMILES string of the molecule is CSCCCCCn1c(CCCl)nc2cc(F)c(Cl)cc21. The third kappa shape index (κ3) is 4.27. The van der Waals surface area contributed by atoms with Gasteiger partial charge in [0.05, 0.1) is 16.1 Å². The zero-order valence-electron chi connectivity index (χ0n) is 12.0. The summed E-state index contributed by atoms with van der Waals surface area (Å²) in [7, 11) is 0. The van der Waals surface area contributed by atoms with Gasteiger partial charge in [-0.1, -0.05) is 18.0 Å². The fraction of sp³-hybridized carbons (Fsp3) is 0.533. The Balaban J connectivity index is 2.21. The van der Waals surface area contributed by atoms with Crippen molar-refractivity contribution in [1.82, 2.24) is 9.55 Å². The van der Waals surface area contributed by atoms with Crippen LogP contribution in [0.2, 0.25) is 5.02 Å². The molecule has 0 bridgehead atoms. The zero-order chi connectivity index (χ0) is 15.2. The van der Waals surface area contributed by atoms with Crippen LogP contribution in [-0.4, -0.2) is 27.4 Å². The number of benzene rings is 1. The van der Waals surface area contributed by atoms with Gasteiger partial charge in [0, 0.05) is 24.9 Å². The third-order valence-corrected chi connectivity index (χ3v) is 4.59. The van der Waals surface area contributed by atoms with Gasteiger partial charge >= 0.3 is 0 Å². The topological polar surface area (TPSA) is 17.8 Å². The Morgan fingerprint density at radius 1 is 1.29 bits per heavy atom. The molecule has 1 heterocycles. The second-order valence-corrected chi connectivity index (χ2v) is 6.70. The zero-order valence-corrected chi connectivity index (χ0v) is 14.4. The first-order valence-corrected chi connectivity index (χ1v) is 9.37. The van der Waals surface area contributed by atoms with Crippen LogP contribution in [0.25, 0.3) is 11.0 Å². The highest BCUT2D eigenvalue weighted by Gasteiger charge is 2.13. The predicted octanol–water partition coefficient (Wildman–Crippen LogP) is 5.14. The summed E-state index contributed by atoms with van der Waals surface area (Å²) in [6.45, 7) is 0.874. The molecule has 0 saturated carbocycles. The molecule has 0 N–H and O–H groups in total. The highest BCUT2D eigenvalue weighted by Crippen LogP contribution is 2.25. The van der Waals surface area contributed by atoms with Gasteiger partial charge in [-0.3, -0.25) is 0 Å². The second-order valence-electron chi connectivity index (χ2n) is 4.93. The number of aromatic nitrogens is 2. The van der Waals surface area contributed by atoms with E-state index in [1.165, 1.54) is 24.7 Å². The Morgan fingerprint density at radius 3 is 2.81 bits per heavy atom. The smallest absolute Gasteiger partial charge is 0.144 e. The van der Waals surface area contributed by atoms with Crippen molar-refractivity contribution in [2.24, 2.45) is 0 Å². The molecule has 2 rings (SSSR count). The molecule has 2 aromatic rings. The van der Waals surface area contributed by atoms with Crippen LogP contribution in [-0.2, 0) is 13.0 Å². The maximum atomic E-state index is 13.6. The van der Waals surface area contributed by atoms with Crippen molar-refractivity contribution in [2.45, 2.75) is 32.2 Å². The summed E-state index contributed by atoms with van der Waals surface area (Å²) in [4.78, 5) is 4.50. The van der Waals surface area contributed by atoms with Gasteiger partial charge in [-0.25, -0.2) is 9.37 Å². The number of hydrogen-bond donors (Lipinski definition) is 0. The molecular formula is C15H19Cl2FN2S. The Morgan fingerprint density at radius 2 is 2.10 bits per heavy atom. The molecule has 0 unspecified atom stereocenters. The molecule has 6 heteroatoms. The summed E-state index contributed by atoms with van der Waals surface area (Å²) in [5, 5.41) is 0.142. The van der Waals surface area contributed by atoms with Crippen molar-refractivity contribution in [3.8, 4) is 0 Å². The molecule has 1 aromatic carbocycles. The Labute approximate surface area is 139 Å². The van der Waals surface area contributed by atoms with Gasteiger partial charge < -0.3 is 4.57 Å². The standard InChI is InChI=1S/C15H19Cl2FN2S/c1-21-8-4-2-3-7-20-14-9-11(17)12(18)10-13(14)19-15(20)5-6-16/h9-10H,2-8H2,1H3. The van der Waals surface area contributed by atoms with Gasteiger partial charge in [-0.15, -0.1) is 11.6 Å². The Kier molecular flexibility index (Phi) is 6.65. The van der Waals surface area contributed by atoms with Gasteiger partial charge in [0.15, 0.2) is 0 Å². The summed E-state index contributed by atoms with van der Waals surface area (Å²) in [6.07, 6.45) is 6.28. The second kappa shape index (κ2) is 8.25. The minimum absolute atomic E-state index is 0.142. The van der Waals surface area contributed by atoms with E-state index in [9.17, 15) is 4.39 Å². The van der Waals surface area contributed by atoms with Crippen molar-refractivity contribution in [3.05, 3.63) is 28.8 Å². The molecule has 0 amide bonds. The van der Waals surface area contributed by atoms with Gasteiger partial charge in [0.1, 0.15) is 11.6 Å². The van der Waals surface area contributed by atoms with Crippen LogP contribution in [0.4, 0.5) is 4.39 Å². The van der Waals surface area contributed by atoms with Crippen molar-refractivity contribution in [3.63, 3.8) is 0 Å².